The largest absolute Gasteiger partial charge is 0.472 e. The summed E-state index contributed by atoms with van der Waals surface area (Å²) in [5, 5.41) is 6.06. The Labute approximate surface area is 217 Å². The van der Waals surface area contributed by atoms with Gasteiger partial charge >= 0.3 is 6.01 Å². The maximum Gasteiger partial charge on any atom is 0.320 e. The number of carbonyl (C=O) groups is 1. The fraction of sp³-hybridized carbons (Fsp3) is 0.233. The molecule has 0 fully saturated rings. The van der Waals surface area contributed by atoms with Crippen molar-refractivity contribution in [2.24, 2.45) is 0 Å². The van der Waals surface area contributed by atoms with Crippen LogP contribution in [0.1, 0.15) is 29.2 Å². The molecule has 0 saturated carbocycles. The summed E-state index contributed by atoms with van der Waals surface area (Å²) in [6, 6.07) is 26.7. The van der Waals surface area contributed by atoms with E-state index in [9.17, 15) is 4.79 Å². The van der Waals surface area contributed by atoms with Gasteiger partial charge in [0.15, 0.2) is 0 Å². The number of nitrogens with one attached hydrogen (secondary N) is 2. The van der Waals surface area contributed by atoms with Gasteiger partial charge in [-0.25, -0.2) is 4.98 Å². The van der Waals surface area contributed by atoms with E-state index in [1.54, 1.807) is 6.20 Å². The third-order valence-corrected chi connectivity index (χ3v) is 5.90. The fourth-order valence-corrected chi connectivity index (χ4v) is 3.88. The number of nitrogens with zero attached hydrogens (tertiary/aromatic N) is 2. The van der Waals surface area contributed by atoms with Crippen LogP contribution in [0, 0.1) is 6.92 Å². The normalized spacial score (nSPS) is 10.6. The molecule has 37 heavy (non-hydrogen) atoms. The van der Waals surface area contributed by atoms with E-state index in [2.05, 4.69) is 51.8 Å². The maximum absolute atomic E-state index is 11.1. The molecule has 0 bridgehead atoms. The first-order valence-electron chi connectivity index (χ1n) is 12.3. The van der Waals surface area contributed by atoms with Crippen LogP contribution in [-0.4, -0.2) is 29.0 Å². The summed E-state index contributed by atoms with van der Waals surface area (Å²) >= 11 is 0. The number of aromatic nitrogens is 2. The highest BCUT2D eigenvalue weighted by molar-refractivity contribution is 5.72. The summed E-state index contributed by atoms with van der Waals surface area (Å²) in [6.45, 7) is 6.00. The Bertz CT molecular complexity index is 1300. The Balaban J connectivity index is 1.46. The average molecular weight is 497 g/mol. The molecule has 4 rings (SSSR count). The van der Waals surface area contributed by atoms with E-state index in [1.807, 2.05) is 54.6 Å². The van der Waals surface area contributed by atoms with Crippen molar-refractivity contribution >= 4 is 5.91 Å². The van der Waals surface area contributed by atoms with E-state index >= 15 is 0 Å². The van der Waals surface area contributed by atoms with Crippen molar-refractivity contribution in [1.29, 1.82) is 0 Å². The number of carbonyl (C=O) groups excluding carboxylic acids is 1. The molecule has 4 aromatic rings. The fourth-order valence-electron chi connectivity index (χ4n) is 3.88. The summed E-state index contributed by atoms with van der Waals surface area (Å²) in [4.78, 5) is 20.1. The summed E-state index contributed by atoms with van der Waals surface area (Å²) in [7, 11) is 0. The second-order valence-electron chi connectivity index (χ2n) is 8.66. The first-order chi connectivity index (χ1) is 18.1. The number of amides is 1. The smallest absolute Gasteiger partial charge is 0.320 e. The third kappa shape index (κ3) is 7.62. The summed E-state index contributed by atoms with van der Waals surface area (Å²) in [6.07, 6.45) is 1.72. The Kier molecular flexibility index (Phi) is 9.21. The van der Waals surface area contributed by atoms with E-state index in [0.29, 0.717) is 38.7 Å². The standard InChI is InChI=1S/C30H32N4O3/c1-22-26(14-9-15-28(22)25-12-7-4-8-13-25)21-37-30-33-19-27(18-31-16-17-32-23(2)35)29(34-30)36-20-24-10-5-3-6-11-24/h3-15,19,31H,16-18,20-21H2,1-2H3,(H,32,35). The van der Waals surface area contributed by atoms with Gasteiger partial charge in [0.1, 0.15) is 13.2 Å². The zero-order valence-corrected chi connectivity index (χ0v) is 21.2. The molecule has 0 aliphatic rings. The van der Waals surface area contributed by atoms with Gasteiger partial charge in [0.05, 0.1) is 0 Å². The van der Waals surface area contributed by atoms with Crippen LogP contribution in [0.15, 0.2) is 85.1 Å². The molecule has 3 aromatic carbocycles. The minimum Gasteiger partial charge on any atom is -0.472 e. The molecule has 7 nitrogen and oxygen atoms in total. The number of rotatable bonds is 12. The highest BCUT2D eigenvalue weighted by Crippen LogP contribution is 2.26. The van der Waals surface area contributed by atoms with Crippen molar-refractivity contribution in [1.82, 2.24) is 20.6 Å². The molecule has 0 aliphatic heterocycles. The molecule has 0 saturated heterocycles. The van der Waals surface area contributed by atoms with Crippen LogP contribution in [0.5, 0.6) is 11.9 Å². The van der Waals surface area contributed by atoms with E-state index in [0.717, 1.165) is 22.3 Å². The average Bonchev–Trinajstić information content (AvgIpc) is 2.92. The highest BCUT2D eigenvalue weighted by Gasteiger charge is 2.12. The van der Waals surface area contributed by atoms with Crippen molar-refractivity contribution in [2.75, 3.05) is 13.1 Å². The van der Waals surface area contributed by atoms with Crippen LogP contribution >= 0.6 is 0 Å². The van der Waals surface area contributed by atoms with Crippen LogP contribution in [0.3, 0.4) is 0 Å². The van der Waals surface area contributed by atoms with Crippen LogP contribution in [0.25, 0.3) is 11.1 Å². The Hall–Kier alpha value is -4.23. The number of hydrogen-bond donors (Lipinski definition) is 2. The molecule has 0 aliphatic carbocycles. The van der Waals surface area contributed by atoms with Crippen LogP contribution < -0.4 is 20.1 Å². The van der Waals surface area contributed by atoms with Crippen molar-refractivity contribution in [3.63, 3.8) is 0 Å². The maximum atomic E-state index is 11.1. The monoisotopic (exact) mass is 496 g/mol. The lowest BCUT2D eigenvalue weighted by molar-refractivity contribution is -0.118. The molecule has 1 aromatic heterocycles. The topological polar surface area (TPSA) is 85.4 Å². The minimum absolute atomic E-state index is 0.0527. The van der Waals surface area contributed by atoms with Gasteiger partial charge in [-0.1, -0.05) is 78.9 Å². The zero-order valence-electron chi connectivity index (χ0n) is 21.2. The van der Waals surface area contributed by atoms with Gasteiger partial charge in [-0.2, -0.15) is 4.98 Å². The van der Waals surface area contributed by atoms with E-state index < -0.39 is 0 Å². The second kappa shape index (κ2) is 13.2. The van der Waals surface area contributed by atoms with E-state index in [4.69, 9.17) is 9.47 Å². The molecule has 2 N–H and O–H groups in total. The highest BCUT2D eigenvalue weighted by atomic mass is 16.5. The summed E-state index contributed by atoms with van der Waals surface area (Å²) in [5.74, 6) is 0.415. The van der Waals surface area contributed by atoms with E-state index in [1.165, 1.54) is 18.1 Å². The minimum atomic E-state index is -0.0527. The number of hydrogen-bond acceptors (Lipinski definition) is 6. The van der Waals surface area contributed by atoms with Crippen LogP contribution in [-0.2, 0) is 24.6 Å². The predicted octanol–water partition coefficient (Wildman–Crippen LogP) is 4.84. The van der Waals surface area contributed by atoms with Gasteiger partial charge in [-0.05, 0) is 34.7 Å². The summed E-state index contributed by atoms with van der Waals surface area (Å²) in [5.41, 5.74) is 6.43. The molecular weight excluding hydrogens is 464 g/mol. The molecule has 0 radical (unpaired) electrons. The molecule has 0 atom stereocenters. The quantitative estimate of drug-likeness (QED) is 0.273. The Morgan fingerprint density at radius 3 is 2.35 bits per heavy atom. The predicted molar refractivity (Wildman–Crippen MR) is 144 cm³/mol. The second-order valence-corrected chi connectivity index (χ2v) is 8.66. The molecular formula is C30H32N4O3. The van der Waals surface area contributed by atoms with Crippen molar-refractivity contribution < 1.29 is 14.3 Å². The van der Waals surface area contributed by atoms with Gasteiger partial charge in [-0.15, -0.1) is 0 Å². The van der Waals surface area contributed by atoms with Crippen LogP contribution in [0.2, 0.25) is 0 Å². The number of benzene rings is 3. The zero-order chi connectivity index (χ0) is 25.9. The lowest BCUT2D eigenvalue weighted by Crippen LogP contribution is -2.30. The molecule has 7 heteroatoms. The van der Waals surface area contributed by atoms with Gasteiger partial charge in [0, 0.05) is 38.3 Å². The summed E-state index contributed by atoms with van der Waals surface area (Å²) < 4.78 is 12.1. The van der Waals surface area contributed by atoms with Gasteiger partial charge in [-0.3, -0.25) is 4.79 Å². The third-order valence-electron chi connectivity index (χ3n) is 5.90. The Morgan fingerprint density at radius 1 is 0.838 bits per heavy atom. The lowest BCUT2D eigenvalue weighted by Gasteiger charge is -2.14. The molecule has 1 amide bonds. The van der Waals surface area contributed by atoms with Gasteiger partial charge < -0.3 is 20.1 Å². The van der Waals surface area contributed by atoms with Gasteiger partial charge in [0.2, 0.25) is 11.8 Å². The van der Waals surface area contributed by atoms with Crippen LogP contribution in [0.4, 0.5) is 0 Å². The SMILES string of the molecule is CC(=O)NCCNCc1cnc(OCc2cccc(-c3ccccc3)c2C)nc1OCc1ccccc1. The van der Waals surface area contributed by atoms with Gasteiger partial charge in [0.25, 0.3) is 0 Å². The molecule has 190 valence electrons. The Morgan fingerprint density at radius 2 is 1.59 bits per heavy atom. The molecule has 0 spiro atoms. The van der Waals surface area contributed by atoms with E-state index in [-0.39, 0.29) is 11.9 Å². The van der Waals surface area contributed by atoms with Crippen molar-refractivity contribution in [3.05, 3.63) is 107 Å². The molecule has 1 heterocycles. The lowest BCUT2D eigenvalue weighted by atomic mass is 9.97. The molecule has 0 unspecified atom stereocenters. The first kappa shape index (κ1) is 25.9. The first-order valence-corrected chi connectivity index (χ1v) is 12.3. The van der Waals surface area contributed by atoms with Crippen molar-refractivity contribution in [3.8, 4) is 23.0 Å². The van der Waals surface area contributed by atoms with Crippen molar-refractivity contribution in [2.45, 2.75) is 33.6 Å². The number of ether oxygens (including phenoxy) is 2.